The summed E-state index contributed by atoms with van der Waals surface area (Å²) in [6, 6.07) is 115. The maximum absolute atomic E-state index is 8.26. The first kappa shape index (κ1) is 80.1. The van der Waals surface area contributed by atoms with Crippen molar-refractivity contribution in [2.75, 3.05) is 0 Å². The molecule has 0 bridgehead atoms. The Morgan fingerprint density at radius 2 is 0.536 bits per heavy atom. The average Bonchev–Trinajstić information content (AvgIpc) is 0.930. The Hall–Kier alpha value is -14.6. The molecule has 13 nitrogen and oxygen atoms in total. The van der Waals surface area contributed by atoms with Gasteiger partial charge in [-0.1, -0.05) is 316 Å². The van der Waals surface area contributed by atoms with Crippen molar-refractivity contribution in [2.45, 2.75) is 46.3 Å². The summed E-state index contributed by atoms with van der Waals surface area (Å²) in [6.45, 7) is 24.6. The number of halogens is 3. The Morgan fingerprint density at radius 1 is 0.272 bits per heavy atom. The van der Waals surface area contributed by atoms with Gasteiger partial charge in [0.2, 0.25) is 11.4 Å². The smallest absolute Gasteiger partial charge is 0.399 e. The lowest BCUT2D eigenvalue weighted by atomic mass is 9.78. The van der Waals surface area contributed by atoms with E-state index in [4.69, 9.17) is 90.5 Å². The molecule has 22 rings (SSSR count). The van der Waals surface area contributed by atoms with Crippen LogP contribution in [0.15, 0.2) is 350 Å². The van der Waals surface area contributed by atoms with E-state index in [0.717, 1.165) is 187 Å². The Bertz CT molecular complexity index is 7930. The molecule has 1 aliphatic rings. The zero-order chi connectivity index (χ0) is 84.3. The summed E-state index contributed by atoms with van der Waals surface area (Å²) >= 11 is 16.6. The lowest BCUT2D eigenvalue weighted by molar-refractivity contribution is 0.00578. The van der Waals surface area contributed by atoms with Crippen LogP contribution in [-0.2, 0) is 9.31 Å². The molecule has 0 aliphatic carbocycles. The second kappa shape index (κ2) is 33.3. The van der Waals surface area contributed by atoms with Gasteiger partial charge in [-0.3, -0.25) is 9.97 Å². The van der Waals surface area contributed by atoms with Crippen molar-refractivity contribution in [3.05, 3.63) is 383 Å². The third-order valence-corrected chi connectivity index (χ3v) is 24.2. The van der Waals surface area contributed by atoms with E-state index in [-0.39, 0.29) is 7.43 Å². The predicted molar refractivity (Wildman–Crippen MR) is 519 cm³/mol. The zero-order valence-corrected chi connectivity index (χ0v) is 70.5. The second-order valence-corrected chi connectivity index (χ2v) is 33.1. The molecule has 0 saturated carbocycles. The molecule has 0 atom stereocenters. The first-order valence-electron chi connectivity index (χ1n) is 40.5. The van der Waals surface area contributed by atoms with Gasteiger partial charge in [0.05, 0.1) is 120 Å². The Morgan fingerprint density at radius 3 is 0.856 bits per heavy atom. The largest absolute Gasteiger partial charge is 0.494 e. The molecule has 0 amide bonds. The van der Waals surface area contributed by atoms with Crippen molar-refractivity contribution in [3.63, 3.8) is 0 Å². The number of rotatable bonds is 10. The van der Waals surface area contributed by atoms with E-state index in [9.17, 15) is 0 Å². The molecule has 6 aromatic heterocycles. The number of benzene rings is 15. The summed E-state index contributed by atoms with van der Waals surface area (Å²) in [7, 11) is -0.512. The van der Waals surface area contributed by atoms with E-state index in [1.54, 1.807) is 0 Å². The van der Waals surface area contributed by atoms with Crippen LogP contribution >= 0.6 is 39.1 Å². The number of nitrogens with zero attached hydrogens (tertiary/aromatic N) is 11. The summed E-state index contributed by atoms with van der Waals surface area (Å²) in [5.74, 6) is 0. The minimum absolute atomic E-state index is 0. The van der Waals surface area contributed by atoms with Crippen molar-refractivity contribution in [2.24, 2.45) is 0 Å². The van der Waals surface area contributed by atoms with Gasteiger partial charge in [-0.15, -0.1) is 0 Å². The fourth-order valence-electron chi connectivity index (χ4n) is 16.5. The van der Waals surface area contributed by atoms with Gasteiger partial charge in [-0.2, -0.15) is 0 Å². The number of fused-ring (bicyclic) bond motifs is 15. The van der Waals surface area contributed by atoms with E-state index in [2.05, 4.69) is 120 Å². The van der Waals surface area contributed by atoms with Crippen LogP contribution in [0, 0.1) is 13.1 Å². The highest BCUT2D eigenvalue weighted by Gasteiger charge is 2.52. The third-order valence-electron chi connectivity index (χ3n) is 23.1. The Balaban J connectivity index is 0.000000123. The Labute approximate surface area is 740 Å². The predicted octanol–water partition coefficient (Wildman–Crippen LogP) is 29.1. The summed E-state index contributed by atoms with van der Waals surface area (Å²) < 4.78 is 13.7. The summed E-state index contributed by atoms with van der Waals surface area (Å²) in [4.78, 5) is 54.9. The molecule has 0 radical (unpaired) electrons. The van der Waals surface area contributed by atoms with E-state index >= 15 is 0 Å². The quantitative estimate of drug-likeness (QED) is 0.0733. The lowest BCUT2D eigenvalue weighted by Gasteiger charge is -2.32. The van der Waals surface area contributed by atoms with Crippen LogP contribution in [0.5, 0.6) is 0 Å². The fourth-order valence-corrected chi connectivity index (χ4v) is 17.4. The van der Waals surface area contributed by atoms with Gasteiger partial charge in [0.25, 0.3) is 0 Å². The van der Waals surface area contributed by atoms with E-state index in [1.165, 1.54) is 0 Å². The second-order valence-electron chi connectivity index (χ2n) is 31.4. The number of aromatic nitrogens is 9. The molecule has 125 heavy (non-hydrogen) atoms. The van der Waals surface area contributed by atoms with Crippen molar-refractivity contribution >= 4 is 161 Å². The molecule has 1 aliphatic heterocycles. The minimum atomic E-state index is -0.512. The fraction of sp³-hybridized carbons (Fsp3) is 0.0648. The minimum Gasteiger partial charge on any atom is -0.399 e. The van der Waals surface area contributed by atoms with Crippen LogP contribution in [0.3, 0.4) is 0 Å². The molecular formula is C108H73BBrCl2N11O2. The number of hydrogen-bond acceptors (Lipinski definition) is 11. The van der Waals surface area contributed by atoms with Crippen LogP contribution in [0.1, 0.15) is 35.1 Å². The highest BCUT2D eigenvalue weighted by atomic mass is 79.9. The maximum atomic E-state index is 8.26. The molecular weight excluding hydrogens is 1640 g/mol. The molecule has 21 aromatic rings. The van der Waals surface area contributed by atoms with Crippen LogP contribution in [0.2, 0.25) is 10.0 Å². The molecule has 15 aromatic carbocycles. The van der Waals surface area contributed by atoms with Gasteiger partial charge in [0.15, 0.2) is 0 Å². The van der Waals surface area contributed by atoms with Crippen molar-refractivity contribution in [1.82, 2.24) is 44.9 Å². The van der Waals surface area contributed by atoms with Crippen molar-refractivity contribution in [1.29, 1.82) is 0 Å². The van der Waals surface area contributed by atoms with Crippen molar-refractivity contribution < 1.29 is 9.31 Å². The maximum Gasteiger partial charge on any atom is 0.494 e. The molecule has 0 spiro atoms. The van der Waals surface area contributed by atoms with Crippen LogP contribution < -0.4 is 5.46 Å². The monoisotopic (exact) mass is 1720 g/mol. The van der Waals surface area contributed by atoms with Crippen LogP contribution in [0.4, 0.5) is 11.4 Å². The van der Waals surface area contributed by atoms with Gasteiger partial charge < -0.3 is 9.31 Å². The van der Waals surface area contributed by atoms with Crippen LogP contribution in [-0.4, -0.2) is 63.2 Å². The lowest BCUT2D eigenvalue weighted by Crippen LogP contribution is -2.41. The summed E-state index contributed by atoms with van der Waals surface area (Å²) in [6.07, 6.45) is 0. The van der Waals surface area contributed by atoms with E-state index < -0.39 is 18.3 Å². The van der Waals surface area contributed by atoms with Crippen LogP contribution in [0.25, 0.3) is 209 Å². The first-order chi connectivity index (χ1) is 60.6. The zero-order valence-electron chi connectivity index (χ0n) is 67.4. The summed E-state index contributed by atoms with van der Waals surface area (Å²) in [5, 5.41) is 9.77. The van der Waals surface area contributed by atoms with Crippen molar-refractivity contribution in [3.8, 4) is 101 Å². The Kier molecular flexibility index (Phi) is 21.3. The van der Waals surface area contributed by atoms with Gasteiger partial charge >= 0.3 is 7.12 Å². The molecule has 0 unspecified atom stereocenters. The van der Waals surface area contributed by atoms with Gasteiger partial charge in [-0.05, 0) is 110 Å². The topological polar surface area (TPSA) is 143 Å². The van der Waals surface area contributed by atoms with E-state index in [0.29, 0.717) is 43.5 Å². The molecule has 1 saturated heterocycles. The van der Waals surface area contributed by atoms with Gasteiger partial charge in [-0.25, -0.2) is 44.6 Å². The molecule has 596 valence electrons. The standard InChI is InChI=1S/C40H31BN4O2.C34H19ClN4.C33H19BrClN3.CH4/c1-39(2)40(3,4)47-41(46-39)28-20-14-19-27(23-28)34-30-24-32(42-5)37-38(33(30)29-21-12-13-22-31(29)43-34)45-36(26-17-10-7-11-18-26)35(44-37)25-15-8-6-9-16-25;1-36-28-20-26-29(25-17-8-9-18-27(25)37-30(26)23-15-10-16-24(35)19-23)34-33(28)38-31(21-11-4-2-5-12-21)32(39-34)22-13-6-3-7-14-22;34-26-19-25-28(24-16-7-8-17-27(24)36-29(25)22-14-9-15-23(35)18-22)33-32(26)37-30(20-10-3-1-4-11-20)31(38-33)21-12-5-2-6-13-21;/h6-24H,1-4H3;2-20H;1-19H;1H4. The number of hydrogen-bond donors (Lipinski definition) is 0. The van der Waals surface area contributed by atoms with Gasteiger partial charge in [0.1, 0.15) is 5.52 Å². The normalized spacial score (nSPS) is 12.7. The molecule has 0 N–H and O–H groups in total. The number of pyridine rings is 3. The highest BCUT2D eigenvalue weighted by Crippen LogP contribution is 2.48. The highest BCUT2D eigenvalue weighted by molar-refractivity contribution is 9.10. The summed E-state index contributed by atoms with van der Waals surface area (Å²) in [5.41, 5.74) is 23.2. The first-order valence-corrected chi connectivity index (χ1v) is 42.1. The molecule has 17 heteroatoms. The van der Waals surface area contributed by atoms with E-state index in [1.807, 2.05) is 279 Å². The number of para-hydroxylation sites is 3. The molecule has 7 heterocycles. The van der Waals surface area contributed by atoms with Gasteiger partial charge in [0, 0.05) is 113 Å². The average molecular weight is 1720 g/mol. The molecule has 1 fully saturated rings. The third kappa shape index (κ3) is 14.8. The SMILES string of the molecule is C.Clc1cccc(-c2nc3ccccc3c3c2cc(Br)c2nc(-c4ccccc4)c(-c4ccccc4)nc23)c1.[C-]#[N+]c1cc2c(-c3cccc(B4OC(C)(C)C(C)(C)O4)c3)nc3ccccc3c2c2nc(-c3ccccc3)c(-c3ccccc3)nc12.[C-]#[N+]c1cc2c(-c3cccc(Cl)c3)nc3ccccc3c2c2nc(-c3ccccc3)c(-c3ccccc3)nc12.